The predicted molar refractivity (Wildman–Crippen MR) is 123 cm³/mol. The van der Waals surface area contributed by atoms with E-state index in [1.54, 1.807) is 13.4 Å². The second-order valence-corrected chi connectivity index (χ2v) is 8.13. The lowest BCUT2D eigenvalue weighted by Crippen LogP contribution is -2.49. The van der Waals surface area contributed by atoms with Gasteiger partial charge in [0.05, 0.1) is 12.8 Å². The lowest BCUT2D eigenvalue weighted by atomic mass is 10.1. The van der Waals surface area contributed by atoms with Crippen LogP contribution < -0.4 is 9.64 Å². The van der Waals surface area contributed by atoms with Crippen LogP contribution in [0.1, 0.15) is 29.2 Å². The number of aryl methyl sites for hydroxylation is 3. The van der Waals surface area contributed by atoms with Gasteiger partial charge in [0.15, 0.2) is 0 Å². The van der Waals surface area contributed by atoms with E-state index >= 15 is 0 Å². The zero-order valence-electron chi connectivity index (χ0n) is 19.2. The van der Waals surface area contributed by atoms with Crippen molar-refractivity contribution in [3.8, 4) is 11.6 Å². The number of anilines is 1. The molecule has 0 aliphatic carbocycles. The van der Waals surface area contributed by atoms with Gasteiger partial charge in [-0.1, -0.05) is 12.1 Å². The Bertz CT molecular complexity index is 1080. The molecule has 0 N–H and O–H groups in total. The number of hydrogen-bond donors (Lipinski definition) is 0. The fraction of sp³-hybridized carbons (Fsp3) is 0.417. The highest BCUT2D eigenvalue weighted by Gasteiger charge is 2.22. The average Bonchev–Trinajstić information content (AvgIpc) is 3.15. The summed E-state index contributed by atoms with van der Waals surface area (Å²) in [4.78, 5) is 30.5. The van der Waals surface area contributed by atoms with Crippen LogP contribution in [0.4, 0.5) is 5.82 Å². The Kier molecular flexibility index (Phi) is 6.39. The van der Waals surface area contributed by atoms with E-state index in [1.165, 1.54) is 0 Å². The van der Waals surface area contributed by atoms with Gasteiger partial charge in [0, 0.05) is 44.4 Å². The van der Waals surface area contributed by atoms with E-state index in [9.17, 15) is 4.79 Å². The van der Waals surface area contributed by atoms with Gasteiger partial charge in [0.2, 0.25) is 5.91 Å². The Morgan fingerprint density at radius 3 is 2.31 bits per heavy atom. The monoisotopic (exact) mass is 434 g/mol. The predicted octanol–water partition coefficient (Wildman–Crippen LogP) is 2.88. The van der Waals surface area contributed by atoms with Crippen molar-refractivity contribution in [2.45, 2.75) is 33.6 Å². The number of piperazine rings is 1. The molecule has 8 nitrogen and oxygen atoms in total. The number of benzene rings is 1. The SMILES string of the molecule is COc1ccc(CCC(=O)N2CCN(c3cc(-n4cnc(C)c4C)nc(C)n3)CC2)cc1. The largest absolute Gasteiger partial charge is 0.497 e. The Morgan fingerprint density at radius 2 is 1.69 bits per heavy atom. The normalized spacial score (nSPS) is 14.0. The summed E-state index contributed by atoms with van der Waals surface area (Å²) < 4.78 is 7.18. The first-order valence-corrected chi connectivity index (χ1v) is 11.0. The molecule has 3 aromatic rings. The molecule has 0 atom stereocenters. The molecule has 1 fully saturated rings. The maximum atomic E-state index is 12.7. The fourth-order valence-electron chi connectivity index (χ4n) is 3.94. The number of nitrogens with zero attached hydrogens (tertiary/aromatic N) is 6. The lowest BCUT2D eigenvalue weighted by molar-refractivity contribution is -0.131. The van der Waals surface area contributed by atoms with Gasteiger partial charge in [-0.2, -0.15) is 0 Å². The van der Waals surface area contributed by atoms with E-state index in [2.05, 4.69) is 19.9 Å². The highest BCUT2D eigenvalue weighted by molar-refractivity contribution is 5.76. The topological polar surface area (TPSA) is 76.4 Å². The quantitative estimate of drug-likeness (QED) is 0.594. The van der Waals surface area contributed by atoms with E-state index in [0.717, 1.165) is 59.7 Å². The molecule has 1 saturated heterocycles. The standard InChI is InChI=1S/C24H30N6O2/c1-17-18(2)30(16-25-17)23-15-22(26-19(3)27-23)28-11-13-29(14-12-28)24(31)10-7-20-5-8-21(32-4)9-6-20/h5-6,8-9,15-16H,7,10-14H2,1-4H3. The second kappa shape index (κ2) is 9.38. The maximum Gasteiger partial charge on any atom is 0.223 e. The van der Waals surface area contributed by atoms with Crippen molar-refractivity contribution in [1.29, 1.82) is 0 Å². The molecule has 4 rings (SSSR count). The number of aromatic nitrogens is 4. The minimum atomic E-state index is 0.199. The Labute approximate surface area is 188 Å². The van der Waals surface area contributed by atoms with Gasteiger partial charge in [-0.05, 0) is 44.9 Å². The molecule has 1 aliphatic rings. The van der Waals surface area contributed by atoms with Crippen molar-refractivity contribution < 1.29 is 9.53 Å². The van der Waals surface area contributed by atoms with Crippen LogP contribution in [-0.2, 0) is 11.2 Å². The summed E-state index contributed by atoms with van der Waals surface area (Å²) in [5.74, 6) is 3.47. The first kappa shape index (κ1) is 21.8. The van der Waals surface area contributed by atoms with Crippen LogP contribution in [0, 0.1) is 20.8 Å². The molecule has 8 heteroatoms. The molecule has 0 saturated carbocycles. The fourth-order valence-corrected chi connectivity index (χ4v) is 3.94. The number of carbonyl (C=O) groups is 1. The smallest absolute Gasteiger partial charge is 0.223 e. The minimum Gasteiger partial charge on any atom is -0.497 e. The Morgan fingerprint density at radius 1 is 1.00 bits per heavy atom. The zero-order valence-corrected chi connectivity index (χ0v) is 19.2. The summed E-state index contributed by atoms with van der Waals surface area (Å²) in [5, 5.41) is 0. The van der Waals surface area contributed by atoms with Crippen LogP contribution in [0.5, 0.6) is 5.75 Å². The molecular weight excluding hydrogens is 404 g/mol. The molecule has 2 aromatic heterocycles. The van der Waals surface area contributed by atoms with Crippen molar-refractivity contribution in [1.82, 2.24) is 24.4 Å². The van der Waals surface area contributed by atoms with Crippen molar-refractivity contribution in [2.75, 3.05) is 38.2 Å². The number of ether oxygens (including phenoxy) is 1. The van der Waals surface area contributed by atoms with Crippen LogP contribution in [0.25, 0.3) is 5.82 Å². The van der Waals surface area contributed by atoms with E-state index in [-0.39, 0.29) is 5.91 Å². The summed E-state index contributed by atoms with van der Waals surface area (Å²) in [7, 11) is 1.65. The summed E-state index contributed by atoms with van der Waals surface area (Å²) in [6.45, 7) is 8.84. The molecule has 32 heavy (non-hydrogen) atoms. The van der Waals surface area contributed by atoms with E-state index < -0.39 is 0 Å². The van der Waals surface area contributed by atoms with Crippen LogP contribution >= 0.6 is 0 Å². The zero-order chi connectivity index (χ0) is 22.7. The van der Waals surface area contributed by atoms with Gasteiger partial charge in [-0.25, -0.2) is 15.0 Å². The van der Waals surface area contributed by atoms with Gasteiger partial charge in [-0.3, -0.25) is 9.36 Å². The molecule has 0 unspecified atom stereocenters. The molecule has 1 aliphatic heterocycles. The molecule has 0 bridgehead atoms. The Balaban J connectivity index is 1.36. The summed E-state index contributed by atoms with van der Waals surface area (Å²) in [6.07, 6.45) is 3.05. The van der Waals surface area contributed by atoms with Gasteiger partial charge in [0.25, 0.3) is 0 Å². The third-order valence-electron chi connectivity index (χ3n) is 6.05. The van der Waals surface area contributed by atoms with Crippen molar-refractivity contribution in [2.24, 2.45) is 0 Å². The van der Waals surface area contributed by atoms with Crippen LogP contribution in [0.2, 0.25) is 0 Å². The summed E-state index contributed by atoms with van der Waals surface area (Å²) in [6, 6.07) is 9.90. The van der Waals surface area contributed by atoms with Crippen molar-refractivity contribution >= 4 is 11.7 Å². The van der Waals surface area contributed by atoms with Gasteiger partial charge in [-0.15, -0.1) is 0 Å². The highest BCUT2D eigenvalue weighted by atomic mass is 16.5. The minimum absolute atomic E-state index is 0.199. The second-order valence-electron chi connectivity index (χ2n) is 8.13. The molecule has 168 valence electrons. The molecular formula is C24H30N6O2. The summed E-state index contributed by atoms with van der Waals surface area (Å²) in [5.41, 5.74) is 3.21. The number of rotatable bonds is 6. The Hall–Kier alpha value is -3.42. The number of methoxy groups -OCH3 is 1. The molecule has 0 spiro atoms. The number of hydrogen-bond acceptors (Lipinski definition) is 6. The van der Waals surface area contributed by atoms with Crippen LogP contribution in [-0.4, -0.2) is 63.6 Å². The van der Waals surface area contributed by atoms with Crippen LogP contribution in [0.3, 0.4) is 0 Å². The van der Waals surface area contributed by atoms with Gasteiger partial charge < -0.3 is 14.5 Å². The van der Waals surface area contributed by atoms with Crippen LogP contribution in [0.15, 0.2) is 36.7 Å². The lowest BCUT2D eigenvalue weighted by Gasteiger charge is -2.35. The third kappa shape index (κ3) is 4.74. The average molecular weight is 435 g/mol. The van der Waals surface area contributed by atoms with Crippen molar-refractivity contribution in [3.63, 3.8) is 0 Å². The van der Waals surface area contributed by atoms with E-state index in [4.69, 9.17) is 4.74 Å². The van der Waals surface area contributed by atoms with E-state index in [1.807, 2.05) is 60.6 Å². The molecule has 0 radical (unpaired) electrons. The van der Waals surface area contributed by atoms with Gasteiger partial charge in [0.1, 0.15) is 29.5 Å². The van der Waals surface area contributed by atoms with Gasteiger partial charge >= 0.3 is 0 Å². The number of amides is 1. The molecule has 1 amide bonds. The first-order chi connectivity index (χ1) is 15.4. The third-order valence-corrected chi connectivity index (χ3v) is 6.05. The summed E-state index contributed by atoms with van der Waals surface area (Å²) >= 11 is 0. The van der Waals surface area contributed by atoms with Crippen molar-refractivity contribution in [3.05, 3.63) is 59.4 Å². The highest BCUT2D eigenvalue weighted by Crippen LogP contribution is 2.20. The number of carbonyl (C=O) groups excluding carboxylic acids is 1. The molecule has 3 heterocycles. The maximum absolute atomic E-state index is 12.7. The number of imidazole rings is 1. The van der Waals surface area contributed by atoms with E-state index in [0.29, 0.717) is 19.5 Å². The molecule has 1 aromatic carbocycles. The first-order valence-electron chi connectivity index (χ1n) is 11.0.